The fourth-order valence-electron chi connectivity index (χ4n) is 1.94. The van der Waals surface area contributed by atoms with Crippen LogP contribution in [0.15, 0.2) is 0 Å². The van der Waals surface area contributed by atoms with Crippen molar-refractivity contribution < 1.29 is 19.8 Å². The highest BCUT2D eigenvalue weighted by Crippen LogP contribution is 2.14. The normalized spacial score (nSPS) is 13.3. The molecule has 0 heterocycles. The van der Waals surface area contributed by atoms with Gasteiger partial charge >= 0.3 is 11.9 Å². The predicted octanol–water partition coefficient (Wildman–Crippen LogP) is 1.92. The fourth-order valence-corrected chi connectivity index (χ4v) is 1.94. The van der Waals surface area contributed by atoms with E-state index in [1.54, 1.807) is 4.90 Å². The Morgan fingerprint density at radius 3 is 1.94 bits per heavy atom. The van der Waals surface area contributed by atoms with Crippen LogP contribution in [-0.2, 0) is 9.59 Å². The monoisotopic (exact) mass is 259 g/mol. The molecule has 0 aliphatic carbocycles. The molecule has 1 unspecified atom stereocenters. The molecular weight excluding hydrogens is 234 g/mol. The first-order valence-electron chi connectivity index (χ1n) is 6.42. The molecule has 0 amide bonds. The molecule has 0 radical (unpaired) electrons. The van der Waals surface area contributed by atoms with E-state index in [2.05, 4.69) is 0 Å². The first kappa shape index (κ1) is 16.9. The van der Waals surface area contributed by atoms with Crippen molar-refractivity contribution in [2.45, 2.75) is 46.6 Å². The van der Waals surface area contributed by atoms with Crippen LogP contribution in [0.4, 0.5) is 0 Å². The Morgan fingerprint density at radius 2 is 1.61 bits per heavy atom. The van der Waals surface area contributed by atoms with Gasteiger partial charge in [0.2, 0.25) is 0 Å². The van der Waals surface area contributed by atoms with Crippen LogP contribution >= 0.6 is 0 Å². The molecule has 0 aromatic heterocycles. The Balaban J connectivity index is 4.73. The smallest absolute Gasteiger partial charge is 0.320 e. The Labute approximate surface area is 109 Å². The Bertz CT molecular complexity index is 276. The predicted molar refractivity (Wildman–Crippen MR) is 69.5 cm³/mol. The second kappa shape index (κ2) is 8.08. The summed E-state index contributed by atoms with van der Waals surface area (Å²) in [5.41, 5.74) is 0. The van der Waals surface area contributed by atoms with Crippen molar-refractivity contribution in [3.8, 4) is 0 Å². The quantitative estimate of drug-likeness (QED) is 0.661. The first-order valence-corrected chi connectivity index (χ1v) is 6.42. The Morgan fingerprint density at radius 1 is 1.06 bits per heavy atom. The third kappa shape index (κ3) is 7.27. The number of aliphatic carboxylic acids is 2. The first-order chi connectivity index (χ1) is 8.23. The summed E-state index contributed by atoms with van der Waals surface area (Å²) in [5, 5.41) is 18.0. The maximum absolute atomic E-state index is 11.3. The Hall–Kier alpha value is -1.10. The molecule has 0 fully saturated rings. The minimum Gasteiger partial charge on any atom is -0.481 e. The molecule has 0 rings (SSSR count). The number of rotatable bonds is 9. The van der Waals surface area contributed by atoms with Crippen LogP contribution in [0.1, 0.15) is 40.5 Å². The number of carboxylic acids is 2. The van der Waals surface area contributed by atoms with E-state index in [1.807, 2.05) is 27.7 Å². The summed E-state index contributed by atoms with van der Waals surface area (Å²) in [4.78, 5) is 23.7. The lowest BCUT2D eigenvalue weighted by Gasteiger charge is -2.30. The molecule has 106 valence electrons. The third-order valence-electron chi connectivity index (χ3n) is 2.63. The van der Waals surface area contributed by atoms with E-state index in [9.17, 15) is 14.7 Å². The van der Waals surface area contributed by atoms with Gasteiger partial charge in [-0.3, -0.25) is 14.5 Å². The van der Waals surface area contributed by atoms with Crippen molar-refractivity contribution in [3.05, 3.63) is 0 Å². The van der Waals surface area contributed by atoms with Gasteiger partial charge in [-0.25, -0.2) is 0 Å². The fraction of sp³-hybridized carbons (Fsp3) is 0.846. The summed E-state index contributed by atoms with van der Waals surface area (Å²) in [6.07, 6.45) is 0.524. The van der Waals surface area contributed by atoms with Gasteiger partial charge in [0.25, 0.3) is 0 Å². The summed E-state index contributed by atoms with van der Waals surface area (Å²) in [6, 6.07) is -0.591. The molecule has 0 aliphatic heterocycles. The lowest BCUT2D eigenvalue weighted by Crippen LogP contribution is -2.44. The van der Waals surface area contributed by atoms with Gasteiger partial charge in [-0.2, -0.15) is 0 Å². The molecule has 0 saturated heterocycles. The summed E-state index contributed by atoms with van der Waals surface area (Å²) in [7, 11) is 0. The van der Waals surface area contributed by atoms with Crippen LogP contribution < -0.4 is 0 Å². The van der Waals surface area contributed by atoms with Gasteiger partial charge < -0.3 is 10.2 Å². The molecule has 0 aromatic carbocycles. The highest BCUT2D eigenvalue weighted by Gasteiger charge is 2.27. The topological polar surface area (TPSA) is 77.8 Å². The average Bonchev–Trinajstić information content (AvgIpc) is 2.19. The molecular formula is C13H25NO4. The zero-order valence-electron chi connectivity index (χ0n) is 11.7. The molecule has 5 nitrogen and oxygen atoms in total. The van der Waals surface area contributed by atoms with E-state index in [4.69, 9.17) is 5.11 Å². The largest absolute Gasteiger partial charge is 0.481 e. The highest BCUT2D eigenvalue weighted by molar-refractivity contribution is 5.73. The lowest BCUT2D eigenvalue weighted by molar-refractivity contribution is -0.146. The van der Waals surface area contributed by atoms with Crippen molar-refractivity contribution in [1.29, 1.82) is 0 Å². The van der Waals surface area contributed by atoms with Crippen LogP contribution in [0.5, 0.6) is 0 Å². The van der Waals surface area contributed by atoms with Crippen LogP contribution in [-0.4, -0.2) is 46.2 Å². The number of hydrogen-bond donors (Lipinski definition) is 2. The SMILES string of the molecule is CC(C)CC(C(=O)O)N(CCC(=O)O)CC(C)C. The molecule has 18 heavy (non-hydrogen) atoms. The molecule has 1 atom stereocenters. The zero-order valence-corrected chi connectivity index (χ0v) is 11.7. The molecule has 0 aliphatic rings. The van der Waals surface area contributed by atoms with Crippen LogP contribution in [0.3, 0.4) is 0 Å². The maximum Gasteiger partial charge on any atom is 0.320 e. The summed E-state index contributed by atoms with van der Waals surface area (Å²) >= 11 is 0. The average molecular weight is 259 g/mol. The van der Waals surface area contributed by atoms with Crippen LogP contribution in [0, 0.1) is 11.8 Å². The van der Waals surface area contributed by atoms with Crippen molar-refractivity contribution in [2.75, 3.05) is 13.1 Å². The van der Waals surface area contributed by atoms with Gasteiger partial charge in [-0.05, 0) is 18.3 Å². The highest BCUT2D eigenvalue weighted by atomic mass is 16.4. The van der Waals surface area contributed by atoms with Crippen molar-refractivity contribution in [3.63, 3.8) is 0 Å². The van der Waals surface area contributed by atoms with Gasteiger partial charge in [0.1, 0.15) is 6.04 Å². The second-order valence-corrected chi connectivity index (χ2v) is 5.52. The molecule has 0 aromatic rings. The summed E-state index contributed by atoms with van der Waals surface area (Å²) in [5.74, 6) is -1.18. The van der Waals surface area contributed by atoms with Gasteiger partial charge in [0.15, 0.2) is 0 Å². The van der Waals surface area contributed by atoms with E-state index in [-0.39, 0.29) is 18.9 Å². The molecule has 5 heteroatoms. The molecule has 0 saturated carbocycles. The molecule has 0 spiro atoms. The third-order valence-corrected chi connectivity index (χ3v) is 2.63. The summed E-state index contributed by atoms with van der Waals surface area (Å²) < 4.78 is 0. The van der Waals surface area contributed by atoms with E-state index in [0.29, 0.717) is 18.9 Å². The number of carbonyl (C=O) groups is 2. The van der Waals surface area contributed by atoms with Crippen LogP contribution in [0.2, 0.25) is 0 Å². The molecule has 0 bridgehead atoms. The van der Waals surface area contributed by atoms with Crippen molar-refractivity contribution >= 4 is 11.9 Å². The number of carboxylic acid groups (broad SMARTS) is 2. The van der Waals surface area contributed by atoms with Crippen molar-refractivity contribution in [2.24, 2.45) is 11.8 Å². The summed E-state index contributed by atoms with van der Waals surface area (Å²) in [6.45, 7) is 8.85. The van der Waals surface area contributed by atoms with E-state index >= 15 is 0 Å². The van der Waals surface area contributed by atoms with Gasteiger partial charge in [-0.1, -0.05) is 27.7 Å². The van der Waals surface area contributed by atoms with Crippen LogP contribution in [0.25, 0.3) is 0 Å². The minimum absolute atomic E-state index is 0.0193. The standard InChI is InChI=1S/C13H25NO4/c1-9(2)7-11(13(17)18)14(8-10(3)4)6-5-12(15)16/h9-11H,5-8H2,1-4H3,(H,15,16)(H,17,18). The van der Waals surface area contributed by atoms with Gasteiger partial charge in [0, 0.05) is 13.1 Å². The number of hydrogen-bond acceptors (Lipinski definition) is 3. The van der Waals surface area contributed by atoms with Gasteiger partial charge in [0.05, 0.1) is 6.42 Å². The second-order valence-electron chi connectivity index (χ2n) is 5.52. The molecule has 2 N–H and O–H groups in total. The van der Waals surface area contributed by atoms with E-state index in [0.717, 1.165) is 0 Å². The van der Waals surface area contributed by atoms with Crippen molar-refractivity contribution in [1.82, 2.24) is 4.90 Å². The van der Waals surface area contributed by atoms with E-state index < -0.39 is 18.0 Å². The maximum atomic E-state index is 11.3. The number of nitrogens with zero attached hydrogens (tertiary/aromatic N) is 1. The van der Waals surface area contributed by atoms with E-state index in [1.165, 1.54) is 0 Å². The zero-order chi connectivity index (χ0) is 14.3. The minimum atomic E-state index is -0.891. The van der Waals surface area contributed by atoms with Gasteiger partial charge in [-0.15, -0.1) is 0 Å². The Kier molecular flexibility index (Phi) is 7.59. The lowest BCUT2D eigenvalue weighted by atomic mass is 10.0.